The van der Waals surface area contributed by atoms with E-state index in [1.165, 1.54) is 36.7 Å². The molecule has 11 aromatic carbocycles. The summed E-state index contributed by atoms with van der Waals surface area (Å²) in [6, 6.07) is 78.7. The molecular weight excluding hydrogens is 1070 g/mol. The molecule has 0 fully saturated rings. The highest BCUT2D eigenvalue weighted by atomic mass is 32.1. The fourth-order valence-electron chi connectivity index (χ4n) is 14.4. The molecule has 0 unspecified atom stereocenters. The fourth-order valence-corrected chi connectivity index (χ4v) is 16.9. The lowest BCUT2D eigenvalue weighted by Crippen LogP contribution is -2.17. The van der Waals surface area contributed by atoms with Crippen molar-refractivity contribution in [2.45, 2.75) is 59.3 Å². The number of thiophene rings is 2. The van der Waals surface area contributed by atoms with Crippen molar-refractivity contribution in [3.05, 3.63) is 228 Å². The number of nitriles is 2. The van der Waals surface area contributed by atoms with Gasteiger partial charge in [-0.05, 0) is 95.6 Å². The van der Waals surface area contributed by atoms with E-state index in [1.54, 1.807) is 11.3 Å². The molecule has 0 bridgehead atoms. The van der Waals surface area contributed by atoms with Crippen molar-refractivity contribution in [2.24, 2.45) is 0 Å². The van der Waals surface area contributed by atoms with Crippen molar-refractivity contribution in [3.63, 3.8) is 0 Å². The number of para-hydroxylation sites is 4. The van der Waals surface area contributed by atoms with Crippen LogP contribution in [0.1, 0.15) is 69.4 Å². The van der Waals surface area contributed by atoms with E-state index in [9.17, 15) is 10.5 Å². The van der Waals surface area contributed by atoms with Gasteiger partial charge in [0.15, 0.2) is 0 Å². The van der Waals surface area contributed by atoms with E-state index < -0.39 is 0 Å². The van der Waals surface area contributed by atoms with Crippen molar-refractivity contribution in [2.75, 3.05) is 0 Å². The zero-order valence-electron chi connectivity index (χ0n) is 48.1. The van der Waals surface area contributed by atoms with E-state index in [-0.39, 0.29) is 10.8 Å². The maximum atomic E-state index is 13.0. The van der Waals surface area contributed by atoms with Crippen LogP contribution in [0.2, 0.25) is 0 Å². The van der Waals surface area contributed by atoms with Crippen molar-refractivity contribution in [3.8, 4) is 34.9 Å². The molecule has 6 aromatic heterocycles. The van der Waals surface area contributed by atoms with Crippen molar-refractivity contribution >= 4 is 150 Å². The average molecular weight is 1130 g/mol. The summed E-state index contributed by atoms with van der Waals surface area (Å²) in [4.78, 5) is 0. The van der Waals surface area contributed by atoms with Crippen LogP contribution in [0.4, 0.5) is 0 Å². The predicted octanol–water partition coefficient (Wildman–Crippen LogP) is 21.5. The lowest BCUT2D eigenvalue weighted by Gasteiger charge is -2.27. The van der Waals surface area contributed by atoms with Gasteiger partial charge in [-0.2, -0.15) is 10.5 Å². The van der Waals surface area contributed by atoms with Crippen LogP contribution in [0, 0.1) is 29.6 Å². The van der Waals surface area contributed by atoms with E-state index in [0.29, 0.717) is 28.2 Å². The van der Waals surface area contributed by atoms with Crippen molar-refractivity contribution in [1.82, 2.24) is 18.3 Å². The Morgan fingerprint density at radius 2 is 0.776 bits per heavy atom. The van der Waals surface area contributed by atoms with Crippen LogP contribution in [0.3, 0.4) is 0 Å². The SMILES string of the molecule is Cc1ccc2c(c1)c1ccc3c4ccccc4sc3c1n2-c1c(C#N)c(-n2c3ccccc3c3ccccc32)c(-n2c3ccc(C(C)(C)C)cc3c3cc(C(C)(C)C)c4c5ccccc5sc4c32)c(-n2c3ccccc3c3ccccc32)c1C#N. The zero-order valence-corrected chi connectivity index (χ0v) is 49.7. The number of aryl methyl sites for hydroxylation is 1. The summed E-state index contributed by atoms with van der Waals surface area (Å²) >= 11 is 3.60. The standard InChI is InChI=1S/C77H54N6S2/c1-43-32-36-63-53(38-43)50-34-35-51-49-24-12-18-30-65(49)84-74(51)71(50)82(63)68-56(41-78)69(80-59-26-14-8-20-45(59)46-21-9-15-27-60(46)80)73(70(57(68)42-79)81-61-28-16-10-22-47(61)48-23-11-17-29-62(48)81)83-64-37-33-44(76(2,3)4)39-54(64)55-40-58(77(5,6)7)67-52-25-13-19-31-66(52)85-75(67)72(55)83/h8-40H,1-7H3. The summed E-state index contributed by atoms with van der Waals surface area (Å²) in [6.07, 6.45) is 0. The summed E-state index contributed by atoms with van der Waals surface area (Å²) < 4.78 is 14.1. The molecule has 0 atom stereocenters. The highest BCUT2D eigenvalue weighted by Crippen LogP contribution is 2.54. The monoisotopic (exact) mass is 1130 g/mol. The van der Waals surface area contributed by atoms with Gasteiger partial charge in [0.25, 0.3) is 0 Å². The molecule has 8 heteroatoms. The summed E-state index contributed by atoms with van der Waals surface area (Å²) in [5, 5.41) is 39.4. The van der Waals surface area contributed by atoms with E-state index in [2.05, 4.69) is 279 Å². The smallest absolute Gasteiger partial charge is 0.104 e. The molecule has 6 heterocycles. The van der Waals surface area contributed by atoms with Gasteiger partial charge in [0, 0.05) is 74.0 Å². The second-order valence-corrected chi connectivity index (χ2v) is 27.2. The number of aromatic nitrogens is 4. The maximum Gasteiger partial charge on any atom is 0.104 e. The van der Waals surface area contributed by atoms with Crippen LogP contribution in [0.5, 0.6) is 0 Å². The average Bonchev–Trinajstić information content (AvgIpc) is 1.65. The normalized spacial score (nSPS) is 12.6. The van der Waals surface area contributed by atoms with Crippen molar-refractivity contribution in [1.29, 1.82) is 10.5 Å². The van der Waals surface area contributed by atoms with Gasteiger partial charge in [-0.3, -0.25) is 0 Å². The molecule has 0 aliphatic rings. The van der Waals surface area contributed by atoms with Gasteiger partial charge in [0.05, 0.1) is 76.3 Å². The van der Waals surface area contributed by atoms with Gasteiger partial charge in [-0.1, -0.05) is 181 Å². The second kappa shape index (κ2) is 17.5. The lowest BCUT2D eigenvalue weighted by atomic mass is 9.82. The Labute approximate surface area is 498 Å². The summed E-state index contributed by atoms with van der Waals surface area (Å²) in [7, 11) is 0. The quantitative estimate of drug-likeness (QED) is 0.176. The molecule has 85 heavy (non-hydrogen) atoms. The molecule has 0 aliphatic heterocycles. The molecule has 0 radical (unpaired) electrons. The second-order valence-electron chi connectivity index (χ2n) is 25.1. The van der Waals surface area contributed by atoms with E-state index in [1.807, 2.05) is 11.3 Å². The molecule has 0 saturated carbocycles. The molecule has 0 amide bonds. The number of hydrogen-bond acceptors (Lipinski definition) is 4. The van der Waals surface area contributed by atoms with Crippen LogP contribution < -0.4 is 0 Å². The van der Waals surface area contributed by atoms with E-state index in [0.717, 1.165) is 113 Å². The summed E-state index contributed by atoms with van der Waals surface area (Å²) in [6.45, 7) is 16.0. The minimum atomic E-state index is -0.237. The predicted molar refractivity (Wildman–Crippen MR) is 361 cm³/mol. The minimum absolute atomic E-state index is 0.177. The molecule has 6 nitrogen and oxygen atoms in total. The molecule has 17 aromatic rings. The van der Waals surface area contributed by atoms with Gasteiger partial charge in [-0.25, -0.2) is 0 Å². The number of hydrogen-bond donors (Lipinski definition) is 0. The fraction of sp³-hybridized carbons (Fsp3) is 0.117. The largest absolute Gasteiger partial charge is 0.306 e. The summed E-state index contributed by atoms with van der Waals surface area (Å²) in [5.74, 6) is 0. The Hall–Kier alpha value is -9.96. The van der Waals surface area contributed by atoms with Crippen LogP contribution in [0.25, 0.3) is 150 Å². The highest BCUT2D eigenvalue weighted by Gasteiger charge is 2.37. The Kier molecular flexibility index (Phi) is 10.2. The van der Waals surface area contributed by atoms with Crippen LogP contribution in [-0.4, -0.2) is 18.3 Å². The Bertz CT molecular complexity index is 5660. The first-order valence-corrected chi connectivity index (χ1v) is 30.8. The first kappa shape index (κ1) is 49.6. The topological polar surface area (TPSA) is 67.3 Å². The molecule has 0 aliphatic carbocycles. The first-order chi connectivity index (χ1) is 41.3. The van der Waals surface area contributed by atoms with Gasteiger partial charge in [0.2, 0.25) is 0 Å². The molecule has 404 valence electrons. The van der Waals surface area contributed by atoms with Crippen LogP contribution in [0.15, 0.2) is 200 Å². The Balaban J connectivity index is 1.22. The molecule has 0 spiro atoms. The maximum absolute atomic E-state index is 13.0. The third-order valence-electron chi connectivity index (χ3n) is 18.2. The number of nitrogens with zero attached hydrogens (tertiary/aromatic N) is 6. The molecule has 0 N–H and O–H groups in total. The van der Waals surface area contributed by atoms with E-state index in [4.69, 9.17) is 0 Å². The Morgan fingerprint density at radius 1 is 0.341 bits per heavy atom. The van der Waals surface area contributed by atoms with Gasteiger partial charge < -0.3 is 18.3 Å². The van der Waals surface area contributed by atoms with Crippen LogP contribution >= 0.6 is 22.7 Å². The molecular formula is C77H54N6S2. The van der Waals surface area contributed by atoms with Gasteiger partial charge in [0.1, 0.15) is 23.3 Å². The van der Waals surface area contributed by atoms with E-state index >= 15 is 0 Å². The van der Waals surface area contributed by atoms with Gasteiger partial charge in [-0.15, -0.1) is 22.7 Å². The van der Waals surface area contributed by atoms with Gasteiger partial charge >= 0.3 is 0 Å². The number of fused-ring (bicyclic) bond motifs is 20. The Morgan fingerprint density at radius 3 is 1.32 bits per heavy atom. The summed E-state index contributed by atoms with van der Waals surface area (Å²) in [5.41, 5.74) is 14.3. The number of benzene rings is 11. The first-order valence-electron chi connectivity index (χ1n) is 29.1. The third kappa shape index (κ3) is 6.72. The molecule has 17 rings (SSSR count). The van der Waals surface area contributed by atoms with Crippen molar-refractivity contribution < 1.29 is 0 Å². The third-order valence-corrected chi connectivity index (χ3v) is 20.5. The molecule has 0 saturated heterocycles. The lowest BCUT2D eigenvalue weighted by molar-refractivity contribution is 0.591. The highest BCUT2D eigenvalue weighted by molar-refractivity contribution is 7.27. The minimum Gasteiger partial charge on any atom is -0.306 e. The van der Waals surface area contributed by atoms with Crippen LogP contribution in [-0.2, 0) is 10.8 Å². The zero-order chi connectivity index (χ0) is 57.5. The number of rotatable bonds is 4.